The van der Waals surface area contributed by atoms with Crippen molar-refractivity contribution >= 4 is 10.9 Å². The molecule has 1 aliphatic rings. The lowest BCUT2D eigenvalue weighted by atomic mass is 10.00. The van der Waals surface area contributed by atoms with Gasteiger partial charge in [-0.25, -0.2) is 0 Å². The molecule has 0 aliphatic carbocycles. The van der Waals surface area contributed by atoms with E-state index in [2.05, 4.69) is 58.8 Å². The van der Waals surface area contributed by atoms with Gasteiger partial charge in [0.15, 0.2) is 0 Å². The first kappa shape index (κ1) is 14.5. The lowest BCUT2D eigenvalue weighted by Gasteiger charge is -2.24. The number of likely N-dealkylation sites (N-methyl/N-ethyl adjacent to an activating group) is 1. The summed E-state index contributed by atoms with van der Waals surface area (Å²) in [7, 11) is 2.23. The van der Waals surface area contributed by atoms with Crippen LogP contribution in [0.2, 0.25) is 0 Å². The van der Waals surface area contributed by atoms with Gasteiger partial charge in [0.25, 0.3) is 0 Å². The SMILES string of the molecule is CCc1cccc2c1c1c(n2Cc2ccncc2)CCN(C)C1. The molecule has 0 N–H and O–H groups in total. The fourth-order valence-corrected chi connectivity index (χ4v) is 3.86. The predicted octanol–water partition coefficient (Wildman–Crippen LogP) is 3.63. The van der Waals surface area contributed by atoms with Gasteiger partial charge < -0.3 is 9.47 Å². The van der Waals surface area contributed by atoms with Crippen molar-refractivity contribution in [1.82, 2.24) is 14.5 Å². The number of hydrogen-bond donors (Lipinski definition) is 0. The summed E-state index contributed by atoms with van der Waals surface area (Å²) < 4.78 is 2.53. The van der Waals surface area contributed by atoms with Gasteiger partial charge in [-0.15, -0.1) is 0 Å². The van der Waals surface area contributed by atoms with Gasteiger partial charge in [-0.3, -0.25) is 4.98 Å². The zero-order valence-corrected chi connectivity index (χ0v) is 13.9. The first-order valence-electron chi connectivity index (χ1n) is 8.47. The minimum Gasteiger partial charge on any atom is -0.340 e. The zero-order valence-electron chi connectivity index (χ0n) is 13.9. The summed E-state index contributed by atoms with van der Waals surface area (Å²) in [5.74, 6) is 0. The van der Waals surface area contributed by atoms with Crippen LogP contribution < -0.4 is 0 Å². The Labute approximate surface area is 137 Å². The Hall–Kier alpha value is -2.13. The minimum absolute atomic E-state index is 0.936. The Morgan fingerprint density at radius 2 is 1.96 bits per heavy atom. The zero-order chi connectivity index (χ0) is 15.8. The number of nitrogens with zero attached hydrogens (tertiary/aromatic N) is 3. The normalized spacial score (nSPS) is 15.0. The molecular formula is C20H23N3. The van der Waals surface area contributed by atoms with Gasteiger partial charge in [-0.1, -0.05) is 19.1 Å². The summed E-state index contributed by atoms with van der Waals surface area (Å²) in [6.07, 6.45) is 6.00. The molecule has 3 nitrogen and oxygen atoms in total. The molecular weight excluding hydrogens is 282 g/mol. The van der Waals surface area contributed by atoms with Crippen LogP contribution >= 0.6 is 0 Å². The van der Waals surface area contributed by atoms with Crippen LogP contribution in [-0.2, 0) is 25.9 Å². The first-order valence-corrected chi connectivity index (χ1v) is 8.47. The molecule has 3 aromatic rings. The van der Waals surface area contributed by atoms with Crippen molar-refractivity contribution in [3.63, 3.8) is 0 Å². The molecule has 0 amide bonds. The van der Waals surface area contributed by atoms with Crippen molar-refractivity contribution in [3.05, 3.63) is 65.1 Å². The molecule has 3 heterocycles. The fraction of sp³-hybridized carbons (Fsp3) is 0.350. The van der Waals surface area contributed by atoms with E-state index in [1.165, 1.54) is 27.7 Å². The Morgan fingerprint density at radius 1 is 1.13 bits per heavy atom. The highest BCUT2D eigenvalue weighted by Crippen LogP contribution is 2.33. The Bertz CT molecular complexity index is 833. The minimum atomic E-state index is 0.936. The van der Waals surface area contributed by atoms with E-state index >= 15 is 0 Å². The van der Waals surface area contributed by atoms with Crippen molar-refractivity contribution in [2.75, 3.05) is 13.6 Å². The summed E-state index contributed by atoms with van der Waals surface area (Å²) in [5, 5.41) is 1.49. The lowest BCUT2D eigenvalue weighted by molar-refractivity contribution is 0.310. The molecule has 2 aromatic heterocycles. The molecule has 0 saturated carbocycles. The van der Waals surface area contributed by atoms with E-state index < -0.39 is 0 Å². The third kappa shape index (κ3) is 2.45. The molecule has 0 fully saturated rings. The highest BCUT2D eigenvalue weighted by atomic mass is 15.1. The van der Waals surface area contributed by atoms with Gasteiger partial charge in [-0.2, -0.15) is 0 Å². The number of aromatic nitrogens is 2. The second-order valence-corrected chi connectivity index (χ2v) is 6.52. The molecule has 3 heteroatoms. The molecule has 1 aliphatic heterocycles. The van der Waals surface area contributed by atoms with Gasteiger partial charge in [0, 0.05) is 55.0 Å². The summed E-state index contributed by atoms with van der Waals surface area (Å²) in [6, 6.07) is 11.0. The number of pyridine rings is 1. The van der Waals surface area contributed by atoms with Crippen LogP contribution in [0, 0.1) is 0 Å². The maximum Gasteiger partial charge on any atom is 0.0491 e. The van der Waals surface area contributed by atoms with Crippen LogP contribution in [0.5, 0.6) is 0 Å². The largest absolute Gasteiger partial charge is 0.340 e. The second kappa shape index (κ2) is 5.82. The highest BCUT2D eigenvalue weighted by Gasteiger charge is 2.23. The molecule has 0 saturated heterocycles. The Morgan fingerprint density at radius 3 is 2.74 bits per heavy atom. The van der Waals surface area contributed by atoms with E-state index in [9.17, 15) is 0 Å². The fourth-order valence-electron chi connectivity index (χ4n) is 3.86. The summed E-state index contributed by atoms with van der Waals surface area (Å²) in [5.41, 5.74) is 7.25. The van der Waals surface area contributed by atoms with Crippen molar-refractivity contribution in [3.8, 4) is 0 Å². The van der Waals surface area contributed by atoms with E-state index in [1.807, 2.05) is 12.4 Å². The molecule has 0 spiro atoms. The van der Waals surface area contributed by atoms with E-state index in [-0.39, 0.29) is 0 Å². The monoisotopic (exact) mass is 305 g/mol. The molecule has 118 valence electrons. The number of hydrogen-bond acceptors (Lipinski definition) is 2. The quantitative estimate of drug-likeness (QED) is 0.737. The number of benzene rings is 1. The van der Waals surface area contributed by atoms with E-state index in [0.717, 1.165) is 32.5 Å². The standard InChI is InChI=1S/C20H23N3/c1-3-16-5-4-6-19-20(16)17-14-22(2)12-9-18(17)23(19)13-15-7-10-21-11-8-15/h4-8,10-11H,3,9,12-14H2,1-2H3. The second-order valence-electron chi connectivity index (χ2n) is 6.52. The van der Waals surface area contributed by atoms with Gasteiger partial charge in [0.1, 0.15) is 0 Å². The Kier molecular flexibility index (Phi) is 3.66. The van der Waals surface area contributed by atoms with Crippen molar-refractivity contribution in [2.45, 2.75) is 32.9 Å². The van der Waals surface area contributed by atoms with Crippen LogP contribution in [-0.4, -0.2) is 28.0 Å². The average molecular weight is 305 g/mol. The van der Waals surface area contributed by atoms with Crippen LogP contribution in [0.1, 0.15) is 29.3 Å². The molecule has 0 bridgehead atoms. The van der Waals surface area contributed by atoms with Crippen LogP contribution in [0.3, 0.4) is 0 Å². The van der Waals surface area contributed by atoms with Crippen molar-refractivity contribution in [1.29, 1.82) is 0 Å². The average Bonchev–Trinajstić information content (AvgIpc) is 2.89. The molecule has 4 rings (SSSR count). The van der Waals surface area contributed by atoms with Crippen molar-refractivity contribution in [2.24, 2.45) is 0 Å². The summed E-state index contributed by atoms with van der Waals surface area (Å²) in [6.45, 7) is 5.40. The maximum absolute atomic E-state index is 4.15. The molecule has 0 unspecified atom stereocenters. The van der Waals surface area contributed by atoms with Gasteiger partial charge in [-0.05, 0) is 48.4 Å². The molecule has 0 atom stereocenters. The van der Waals surface area contributed by atoms with Gasteiger partial charge in [0.05, 0.1) is 0 Å². The van der Waals surface area contributed by atoms with Gasteiger partial charge >= 0.3 is 0 Å². The Balaban J connectivity index is 1.93. The van der Waals surface area contributed by atoms with Crippen LogP contribution in [0.15, 0.2) is 42.7 Å². The third-order valence-electron chi connectivity index (χ3n) is 5.02. The first-order chi connectivity index (χ1) is 11.3. The molecule has 0 radical (unpaired) electrons. The summed E-state index contributed by atoms with van der Waals surface area (Å²) in [4.78, 5) is 6.58. The van der Waals surface area contributed by atoms with E-state index in [4.69, 9.17) is 0 Å². The van der Waals surface area contributed by atoms with E-state index in [0.29, 0.717) is 0 Å². The van der Waals surface area contributed by atoms with Crippen LogP contribution in [0.25, 0.3) is 10.9 Å². The predicted molar refractivity (Wildman–Crippen MR) is 94.7 cm³/mol. The number of aryl methyl sites for hydroxylation is 1. The van der Waals surface area contributed by atoms with Gasteiger partial charge in [0.2, 0.25) is 0 Å². The van der Waals surface area contributed by atoms with Crippen molar-refractivity contribution < 1.29 is 0 Å². The van der Waals surface area contributed by atoms with E-state index in [1.54, 1.807) is 5.56 Å². The number of fused-ring (bicyclic) bond motifs is 3. The maximum atomic E-state index is 4.15. The topological polar surface area (TPSA) is 21.1 Å². The molecule has 23 heavy (non-hydrogen) atoms. The molecule has 1 aromatic carbocycles. The van der Waals surface area contributed by atoms with Crippen LogP contribution in [0.4, 0.5) is 0 Å². The third-order valence-corrected chi connectivity index (χ3v) is 5.02. The number of rotatable bonds is 3. The lowest BCUT2D eigenvalue weighted by Crippen LogP contribution is -2.27. The smallest absolute Gasteiger partial charge is 0.0491 e. The summed E-state index contributed by atoms with van der Waals surface area (Å²) >= 11 is 0. The highest BCUT2D eigenvalue weighted by molar-refractivity contribution is 5.89.